The summed E-state index contributed by atoms with van der Waals surface area (Å²) in [4.78, 5) is 16.2. The molecule has 1 fully saturated rings. The van der Waals surface area contributed by atoms with E-state index in [9.17, 15) is 15.2 Å². The Morgan fingerprint density at radius 2 is 2.17 bits per heavy atom. The van der Waals surface area contributed by atoms with E-state index in [-0.39, 0.29) is 5.82 Å². The van der Waals surface area contributed by atoms with Crippen molar-refractivity contribution in [1.82, 2.24) is 4.98 Å². The third-order valence-electron chi connectivity index (χ3n) is 3.17. The van der Waals surface area contributed by atoms with E-state index < -0.39 is 10.5 Å². The summed E-state index contributed by atoms with van der Waals surface area (Å²) in [6.45, 7) is 2.97. The lowest BCUT2D eigenvalue weighted by atomic mass is 9.93. The second-order valence-electron chi connectivity index (χ2n) is 4.74. The molecule has 7 heteroatoms. The molecule has 1 aliphatic heterocycles. The second kappa shape index (κ2) is 4.81. The molecule has 0 bridgehead atoms. The smallest absolute Gasteiger partial charge is 0.387 e. The average Bonchev–Trinajstić information content (AvgIpc) is 2.28. The summed E-state index contributed by atoms with van der Waals surface area (Å²) in [5.41, 5.74) is -0.171. The molecule has 0 aliphatic carbocycles. The van der Waals surface area contributed by atoms with Crippen LogP contribution < -0.4 is 4.90 Å². The number of rotatable bonds is 2. The Morgan fingerprint density at radius 1 is 1.56 bits per heavy atom. The van der Waals surface area contributed by atoms with E-state index in [4.69, 9.17) is 0 Å². The summed E-state index contributed by atoms with van der Waals surface area (Å²) in [5, 5.41) is 20.8. The molecule has 0 radical (unpaired) electrons. The van der Waals surface area contributed by atoms with Crippen LogP contribution in [0.4, 0.5) is 11.5 Å². The van der Waals surface area contributed by atoms with Crippen LogP contribution >= 0.6 is 15.9 Å². The molecule has 0 unspecified atom stereocenters. The maximum atomic E-state index is 11.0. The first-order valence-electron chi connectivity index (χ1n) is 5.66. The van der Waals surface area contributed by atoms with Gasteiger partial charge in [-0.25, -0.2) is 0 Å². The summed E-state index contributed by atoms with van der Waals surface area (Å²) in [5.74, 6) is -0.139. The number of hydrogen-bond acceptors (Lipinski definition) is 5. The van der Waals surface area contributed by atoms with E-state index in [0.717, 1.165) is 0 Å². The van der Waals surface area contributed by atoms with E-state index in [0.29, 0.717) is 36.1 Å². The molecule has 18 heavy (non-hydrogen) atoms. The molecule has 98 valence electrons. The van der Waals surface area contributed by atoms with Crippen LogP contribution in [0.15, 0.2) is 16.7 Å². The van der Waals surface area contributed by atoms with Gasteiger partial charge in [-0.15, -0.1) is 0 Å². The van der Waals surface area contributed by atoms with Gasteiger partial charge >= 0.3 is 5.82 Å². The fourth-order valence-corrected chi connectivity index (χ4v) is 2.34. The molecule has 0 atom stereocenters. The molecule has 1 N–H and O–H groups in total. The standard InChI is InChI=1S/C11H14BrN3O3/c1-11(16)2-4-14(5-3-11)9-6-8(12)7-13-10(9)15(17)18/h6-7,16H,2-5H2,1H3. The Kier molecular flexibility index (Phi) is 3.54. The van der Waals surface area contributed by atoms with Gasteiger partial charge in [0.1, 0.15) is 5.69 Å². The summed E-state index contributed by atoms with van der Waals surface area (Å²) < 4.78 is 0.709. The molecule has 1 aliphatic rings. The van der Waals surface area contributed by atoms with E-state index >= 15 is 0 Å². The van der Waals surface area contributed by atoms with Gasteiger partial charge in [0.2, 0.25) is 0 Å². The first kappa shape index (κ1) is 13.2. The fraction of sp³-hybridized carbons (Fsp3) is 0.545. The van der Waals surface area contributed by atoms with Crippen molar-refractivity contribution in [3.8, 4) is 0 Å². The van der Waals surface area contributed by atoms with Gasteiger partial charge < -0.3 is 20.1 Å². The van der Waals surface area contributed by atoms with Crippen molar-refractivity contribution >= 4 is 27.4 Å². The first-order chi connectivity index (χ1) is 8.39. The Bertz CT molecular complexity index is 469. The predicted octanol–water partition coefficient (Wildman–Crippen LogP) is 2.10. The lowest BCUT2D eigenvalue weighted by Gasteiger charge is -2.36. The molecule has 2 rings (SSSR count). The number of hydrogen-bond donors (Lipinski definition) is 1. The third-order valence-corrected chi connectivity index (χ3v) is 3.60. The summed E-state index contributed by atoms with van der Waals surface area (Å²) in [7, 11) is 0. The highest BCUT2D eigenvalue weighted by molar-refractivity contribution is 9.10. The van der Waals surface area contributed by atoms with Crippen LogP contribution in [0.2, 0.25) is 0 Å². The highest BCUT2D eigenvalue weighted by atomic mass is 79.9. The van der Waals surface area contributed by atoms with Crippen molar-refractivity contribution in [3.05, 3.63) is 26.9 Å². The molecule has 0 spiro atoms. The van der Waals surface area contributed by atoms with E-state index in [1.165, 1.54) is 6.20 Å². The molecule has 0 aromatic carbocycles. The van der Waals surface area contributed by atoms with Crippen LogP contribution in [0.25, 0.3) is 0 Å². The topological polar surface area (TPSA) is 79.5 Å². The maximum Gasteiger partial charge on any atom is 0.387 e. The van der Waals surface area contributed by atoms with Gasteiger partial charge in [0.05, 0.1) is 10.1 Å². The summed E-state index contributed by atoms with van der Waals surface area (Å²) in [6, 6.07) is 1.70. The SMILES string of the molecule is CC1(O)CCN(c2cc(Br)cnc2[N+](=O)[O-])CC1. The second-order valence-corrected chi connectivity index (χ2v) is 5.65. The Morgan fingerprint density at radius 3 is 2.72 bits per heavy atom. The zero-order chi connectivity index (χ0) is 13.3. The van der Waals surface area contributed by atoms with Gasteiger partial charge in [0.25, 0.3) is 0 Å². The highest BCUT2D eigenvalue weighted by Gasteiger charge is 2.30. The van der Waals surface area contributed by atoms with Crippen molar-refractivity contribution < 1.29 is 10.0 Å². The zero-order valence-corrected chi connectivity index (χ0v) is 11.6. The number of nitro groups is 1. The largest absolute Gasteiger partial charge is 0.390 e. The van der Waals surface area contributed by atoms with Gasteiger partial charge in [-0.05, 0) is 51.7 Å². The molecular weight excluding hydrogens is 302 g/mol. The quantitative estimate of drug-likeness (QED) is 0.668. The number of halogens is 1. The van der Waals surface area contributed by atoms with Crippen LogP contribution in [0, 0.1) is 10.1 Å². The normalized spacial score (nSPS) is 18.7. The van der Waals surface area contributed by atoms with Crippen molar-refractivity contribution in [2.75, 3.05) is 18.0 Å². The zero-order valence-electron chi connectivity index (χ0n) is 9.97. The maximum absolute atomic E-state index is 11.0. The van der Waals surface area contributed by atoms with Crippen molar-refractivity contribution in [2.45, 2.75) is 25.4 Å². The van der Waals surface area contributed by atoms with Gasteiger partial charge in [0, 0.05) is 13.1 Å². The molecule has 0 amide bonds. The Balaban J connectivity index is 2.28. The molecule has 0 saturated carbocycles. The number of nitrogens with zero attached hydrogens (tertiary/aromatic N) is 3. The van der Waals surface area contributed by atoms with Crippen molar-refractivity contribution in [3.63, 3.8) is 0 Å². The number of pyridine rings is 1. The van der Waals surface area contributed by atoms with Gasteiger partial charge in [-0.1, -0.05) is 0 Å². The van der Waals surface area contributed by atoms with Crippen LogP contribution in [-0.2, 0) is 0 Å². The van der Waals surface area contributed by atoms with E-state index in [1.54, 1.807) is 13.0 Å². The number of aromatic nitrogens is 1. The van der Waals surface area contributed by atoms with Gasteiger partial charge in [-0.2, -0.15) is 0 Å². The Hall–Kier alpha value is -1.21. The van der Waals surface area contributed by atoms with Crippen LogP contribution in [0.1, 0.15) is 19.8 Å². The highest BCUT2D eigenvalue weighted by Crippen LogP contribution is 2.32. The predicted molar refractivity (Wildman–Crippen MR) is 70.7 cm³/mol. The first-order valence-corrected chi connectivity index (χ1v) is 6.46. The minimum atomic E-state index is -0.676. The van der Waals surface area contributed by atoms with Crippen molar-refractivity contribution in [2.24, 2.45) is 0 Å². The number of piperidine rings is 1. The molecule has 1 aromatic heterocycles. The fourth-order valence-electron chi connectivity index (χ4n) is 2.02. The van der Waals surface area contributed by atoms with Crippen LogP contribution in [0.3, 0.4) is 0 Å². The van der Waals surface area contributed by atoms with Crippen LogP contribution in [0.5, 0.6) is 0 Å². The minimum Gasteiger partial charge on any atom is -0.390 e. The lowest BCUT2D eigenvalue weighted by Crippen LogP contribution is -2.42. The summed E-state index contributed by atoms with van der Waals surface area (Å²) in [6.07, 6.45) is 2.61. The molecule has 6 nitrogen and oxygen atoms in total. The van der Waals surface area contributed by atoms with Crippen LogP contribution in [-0.4, -0.2) is 33.7 Å². The lowest BCUT2D eigenvalue weighted by molar-refractivity contribution is -0.388. The van der Waals surface area contributed by atoms with Gasteiger partial charge in [-0.3, -0.25) is 0 Å². The third kappa shape index (κ3) is 2.78. The average molecular weight is 316 g/mol. The molecule has 2 heterocycles. The molecule has 1 saturated heterocycles. The molecular formula is C11H14BrN3O3. The van der Waals surface area contributed by atoms with E-state index in [1.807, 2.05) is 4.90 Å². The van der Waals surface area contributed by atoms with E-state index in [2.05, 4.69) is 20.9 Å². The summed E-state index contributed by atoms with van der Waals surface area (Å²) >= 11 is 3.27. The minimum absolute atomic E-state index is 0.139. The van der Waals surface area contributed by atoms with Gasteiger partial charge in [0.15, 0.2) is 6.20 Å². The van der Waals surface area contributed by atoms with Crippen molar-refractivity contribution in [1.29, 1.82) is 0 Å². The monoisotopic (exact) mass is 315 g/mol. The number of aliphatic hydroxyl groups is 1. The number of anilines is 1. The molecule has 1 aromatic rings. The Labute approximate surface area is 113 Å².